The summed E-state index contributed by atoms with van der Waals surface area (Å²) in [6.45, 7) is 4.13. The molecule has 0 atom stereocenters. The van der Waals surface area contributed by atoms with E-state index in [4.69, 9.17) is 11.0 Å². The van der Waals surface area contributed by atoms with Gasteiger partial charge < -0.3 is 14.7 Å². The van der Waals surface area contributed by atoms with Crippen LogP contribution in [0.4, 0.5) is 51.2 Å². The van der Waals surface area contributed by atoms with Crippen LogP contribution in [0.2, 0.25) is 0 Å². The first-order valence-corrected chi connectivity index (χ1v) is 25.0. The van der Waals surface area contributed by atoms with E-state index < -0.39 is 231 Å². The second kappa shape index (κ2) is 16.9. The summed E-state index contributed by atoms with van der Waals surface area (Å²) in [6, 6.07) is 9.60. The molecule has 366 valence electrons. The van der Waals surface area contributed by atoms with E-state index in [0.29, 0.717) is 28.0 Å². The molecule has 77 heavy (non-hydrogen) atoms. The van der Waals surface area contributed by atoms with Crippen LogP contribution in [0.15, 0.2) is 266 Å². The van der Waals surface area contributed by atoms with Gasteiger partial charge in [-0.05, 0) is 133 Å². The third-order valence-corrected chi connectivity index (χ3v) is 15.7. The summed E-state index contributed by atoms with van der Waals surface area (Å²) in [4.78, 5) is 3.95. The summed E-state index contributed by atoms with van der Waals surface area (Å²) in [5.41, 5.74) is -4.02. The first kappa shape index (κ1) is 25.6. The van der Waals surface area contributed by atoms with Crippen molar-refractivity contribution < 1.29 is 37.0 Å². The van der Waals surface area contributed by atoms with Crippen LogP contribution >= 0.6 is 0 Å². The lowest BCUT2D eigenvalue weighted by Gasteiger charge is -2.51. The average Bonchev–Trinajstić information content (AvgIpc) is 1.24. The molecule has 3 aliphatic heterocycles. The highest BCUT2D eigenvalue weighted by molar-refractivity contribution is 7.00. The second-order valence-corrected chi connectivity index (χ2v) is 20.4. The average molecular weight is 1010 g/mol. The maximum atomic E-state index is 11.1. The minimum absolute atomic E-state index is 0.0895. The van der Waals surface area contributed by atoms with Gasteiger partial charge in [0.1, 0.15) is 0 Å². The summed E-state index contributed by atoms with van der Waals surface area (Å²) >= 11 is 0. The fraction of sp³-hybridized carbons (Fsp3) is 0.0959. The molecule has 11 aromatic rings. The van der Waals surface area contributed by atoms with Crippen molar-refractivity contribution in [2.75, 3.05) is 14.7 Å². The number of rotatable bonds is 8. The Hall–Kier alpha value is -9.12. The molecule has 0 bridgehead atoms. The second-order valence-electron chi connectivity index (χ2n) is 20.4. The Balaban J connectivity index is 1.20. The SMILES string of the molecule is [2H]c1c([2H])c([2H])c(N(c2cc3c4c(c2)N(c2c([2H])c([2H])c([2H])c(C(C)(C)c5c([2H])c([2H])c([2H])c([2H])c5[2H])c2[2H])c2c([2H])c(C(C)(C)c5c([2H])c([2H])c([2H])c([2H])c5[2H])c([2H])c([2H])c2B4c2cccc4c2N3c2ccccc2C42c3ccccc3-c3ccccc32)c2c([2H])c([2H])c([2H])c([2H])c2[2H])c([2H])c1[2H]. The summed E-state index contributed by atoms with van der Waals surface area (Å²) in [6.07, 6.45) is 0. The molecule has 0 saturated carbocycles. The summed E-state index contributed by atoms with van der Waals surface area (Å²) in [7, 11) is 0. The zero-order chi connectivity index (χ0) is 75.1. The molecule has 3 nitrogen and oxygen atoms in total. The van der Waals surface area contributed by atoms with Gasteiger partial charge in [-0.25, -0.2) is 0 Å². The van der Waals surface area contributed by atoms with Gasteiger partial charge in [0.05, 0.1) is 53.8 Å². The lowest BCUT2D eigenvalue weighted by molar-refractivity contribution is 0.640. The number of hydrogen-bond acceptors (Lipinski definition) is 3. The van der Waals surface area contributed by atoms with Crippen LogP contribution in [0, 0.1) is 0 Å². The molecule has 11 aromatic carbocycles. The number of hydrogen-bond donors (Lipinski definition) is 0. The lowest BCUT2D eigenvalue weighted by Crippen LogP contribution is -2.62. The molecule has 4 aliphatic rings. The predicted molar refractivity (Wildman–Crippen MR) is 323 cm³/mol. The van der Waals surface area contributed by atoms with Gasteiger partial charge in [0, 0.05) is 50.6 Å². The molecule has 1 spiro atoms. The molecule has 15 rings (SSSR count). The van der Waals surface area contributed by atoms with Crippen LogP contribution in [0.3, 0.4) is 0 Å². The Kier molecular flexibility index (Phi) is 5.64. The Bertz CT molecular complexity index is 5570. The van der Waals surface area contributed by atoms with Crippen LogP contribution in [0.1, 0.15) is 109 Å². The van der Waals surface area contributed by atoms with E-state index in [1.807, 2.05) is 83.8 Å². The highest BCUT2D eigenvalue weighted by atomic mass is 15.2. The minimum atomic E-state index is -2.06. The van der Waals surface area contributed by atoms with Crippen molar-refractivity contribution >= 4 is 74.3 Å². The van der Waals surface area contributed by atoms with E-state index in [9.17, 15) is 26.0 Å². The van der Waals surface area contributed by atoms with Crippen molar-refractivity contribution in [1.29, 1.82) is 0 Å². The van der Waals surface area contributed by atoms with Crippen molar-refractivity contribution in [1.82, 2.24) is 0 Å². The molecule has 0 unspecified atom stereocenters. The fourth-order valence-electron chi connectivity index (χ4n) is 12.2. The maximum Gasteiger partial charge on any atom is 0.252 e. The molecular formula is C73H56BN3. The number of anilines is 9. The molecule has 0 amide bonds. The van der Waals surface area contributed by atoms with Gasteiger partial charge in [-0.1, -0.05) is 233 Å². The fourth-order valence-corrected chi connectivity index (χ4v) is 12.2. The summed E-state index contributed by atoms with van der Waals surface area (Å²) in [5, 5.41) is 0. The summed E-state index contributed by atoms with van der Waals surface area (Å²) < 4.78 is 256. The zero-order valence-corrected chi connectivity index (χ0v) is 41.7. The monoisotopic (exact) mass is 1010 g/mol. The van der Waals surface area contributed by atoms with Gasteiger partial charge in [0.25, 0.3) is 6.71 Å². The Morgan fingerprint density at radius 1 is 0.403 bits per heavy atom. The minimum Gasteiger partial charge on any atom is -0.311 e. The normalized spacial score (nSPS) is 18.9. The number of benzene rings is 11. The van der Waals surface area contributed by atoms with Gasteiger partial charge in [0.15, 0.2) is 0 Å². The van der Waals surface area contributed by atoms with E-state index in [1.54, 1.807) is 12.1 Å². The molecule has 1 aliphatic carbocycles. The molecule has 0 aromatic heterocycles. The van der Waals surface area contributed by atoms with Gasteiger partial charge in [-0.2, -0.15) is 0 Å². The Morgan fingerprint density at radius 2 is 0.909 bits per heavy atom. The van der Waals surface area contributed by atoms with Crippen molar-refractivity contribution in [3.63, 3.8) is 0 Å². The van der Waals surface area contributed by atoms with Crippen LogP contribution in [-0.2, 0) is 16.2 Å². The molecular weight excluding hydrogens is 930 g/mol. The number of nitrogens with zero attached hydrogens (tertiary/aromatic N) is 3. The van der Waals surface area contributed by atoms with Gasteiger partial charge in [0.2, 0.25) is 0 Å². The first-order valence-electron chi connectivity index (χ1n) is 38.5. The van der Waals surface area contributed by atoms with E-state index >= 15 is 0 Å². The number of para-hydroxylation sites is 4. The van der Waals surface area contributed by atoms with E-state index in [0.717, 1.165) is 32.1 Å². The van der Waals surface area contributed by atoms with Crippen molar-refractivity contribution in [2.24, 2.45) is 0 Å². The van der Waals surface area contributed by atoms with Crippen LogP contribution in [0.5, 0.6) is 0 Å². The van der Waals surface area contributed by atoms with Crippen LogP contribution in [0.25, 0.3) is 11.1 Å². The molecule has 0 saturated heterocycles. The van der Waals surface area contributed by atoms with Gasteiger partial charge in [-0.3, -0.25) is 0 Å². The van der Waals surface area contributed by atoms with Crippen LogP contribution < -0.4 is 31.1 Å². The third kappa shape index (κ3) is 6.45. The molecule has 4 heteroatoms. The quantitative estimate of drug-likeness (QED) is 0.140. The Morgan fingerprint density at radius 3 is 1.52 bits per heavy atom. The van der Waals surface area contributed by atoms with E-state index in [1.165, 1.54) is 39.8 Å². The van der Waals surface area contributed by atoms with Gasteiger partial charge >= 0.3 is 0 Å². The zero-order valence-electron chi connectivity index (χ0n) is 68.7. The van der Waals surface area contributed by atoms with E-state index in [2.05, 4.69) is 0 Å². The summed E-state index contributed by atoms with van der Waals surface area (Å²) in [5.74, 6) is 0. The lowest BCUT2D eigenvalue weighted by atomic mass is 9.33. The van der Waals surface area contributed by atoms with Crippen molar-refractivity contribution in [2.45, 2.75) is 43.9 Å². The van der Waals surface area contributed by atoms with Gasteiger partial charge in [-0.15, -0.1) is 0 Å². The standard InChI is InChI=1S/C73H56BN3/c1-71(2,49-25-9-5-10-26-49)51-29-23-34-55(45-51)76-66-46-52(72(3,4)50-27-11-6-12-28-50)43-44-63(66)74-64-41-24-40-62-70(64)77(65-42-22-21-39-61(65)73(62)59-37-19-17-35-57(59)58-36-18-20-38-60(58)73)68-48-56(47-67(76)69(68)74)75(53-30-13-7-14-31-53)54-32-15-8-16-33-54/h5-48H,1-4H3/i5D,6D,7D,8D,9D,10D,11D,12D,13D,14D,15D,16D,23D,25D,26D,27D,28D,29D,30D,31D,32D,33D,34D,43D,44D,45D,46D. The van der Waals surface area contributed by atoms with Crippen molar-refractivity contribution in [3.8, 4) is 11.1 Å². The largest absolute Gasteiger partial charge is 0.311 e. The first-order chi connectivity index (χ1) is 49.0. The molecule has 0 N–H and O–H groups in total. The maximum absolute atomic E-state index is 11.1. The molecule has 0 fully saturated rings. The topological polar surface area (TPSA) is 9.72 Å². The highest BCUT2D eigenvalue weighted by Crippen LogP contribution is 2.64. The van der Waals surface area contributed by atoms with E-state index in [-0.39, 0.29) is 28.0 Å². The van der Waals surface area contributed by atoms with Crippen molar-refractivity contribution in [3.05, 3.63) is 311 Å². The molecule has 3 heterocycles. The molecule has 0 radical (unpaired) electrons. The predicted octanol–water partition coefficient (Wildman–Crippen LogP) is 16.6. The Labute approximate surface area is 491 Å². The number of fused-ring (bicyclic) bond motifs is 13. The third-order valence-electron chi connectivity index (χ3n) is 15.7. The van der Waals surface area contributed by atoms with Crippen LogP contribution in [-0.4, -0.2) is 6.71 Å². The smallest absolute Gasteiger partial charge is 0.252 e. The highest BCUT2D eigenvalue weighted by Gasteiger charge is 2.55.